The first-order chi connectivity index (χ1) is 7.49. The van der Waals surface area contributed by atoms with Gasteiger partial charge in [-0.3, -0.25) is 0 Å². The van der Waals surface area contributed by atoms with E-state index >= 15 is 0 Å². The molecule has 0 aromatic heterocycles. The van der Waals surface area contributed by atoms with Crippen LogP contribution in [0.1, 0.15) is 29.3 Å². The van der Waals surface area contributed by atoms with E-state index < -0.39 is 11.8 Å². The maximum Gasteiger partial charge on any atom is 0.341 e. The molecule has 0 unspecified atom stereocenters. The van der Waals surface area contributed by atoms with Crippen LogP contribution < -0.4 is 5.73 Å². The zero-order valence-corrected chi connectivity index (χ0v) is 10.7. The van der Waals surface area contributed by atoms with E-state index in [9.17, 15) is 9.18 Å². The molecule has 0 spiro atoms. The zero-order chi connectivity index (χ0) is 12.3. The smallest absolute Gasteiger partial charge is 0.341 e. The Kier molecular flexibility index (Phi) is 4.29. The highest BCUT2D eigenvalue weighted by molar-refractivity contribution is 9.10. The molecule has 0 amide bonds. The monoisotopic (exact) mass is 289 g/mol. The third-order valence-corrected chi connectivity index (χ3v) is 2.88. The lowest BCUT2D eigenvalue weighted by atomic mass is 10.1. The number of rotatable bonds is 3. The lowest BCUT2D eigenvalue weighted by Crippen LogP contribution is -2.12. The summed E-state index contributed by atoms with van der Waals surface area (Å²) < 4.78 is 18.4. The molecule has 0 aliphatic heterocycles. The second kappa shape index (κ2) is 5.30. The van der Waals surface area contributed by atoms with Crippen LogP contribution in [0, 0.1) is 12.7 Å². The van der Waals surface area contributed by atoms with Crippen LogP contribution in [0.3, 0.4) is 0 Å². The molecule has 88 valence electrons. The van der Waals surface area contributed by atoms with Gasteiger partial charge in [0.15, 0.2) is 0 Å². The molecule has 0 atom stereocenters. The van der Waals surface area contributed by atoms with Gasteiger partial charge in [-0.1, -0.05) is 6.92 Å². The first-order valence-electron chi connectivity index (χ1n) is 4.90. The van der Waals surface area contributed by atoms with Crippen LogP contribution in [-0.4, -0.2) is 12.6 Å². The summed E-state index contributed by atoms with van der Waals surface area (Å²) in [5.41, 5.74) is 6.55. The Bertz CT molecular complexity index is 395. The first-order valence-corrected chi connectivity index (χ1v) is 5.69. The minimum atomic E-state index is -0.603. The summed E-state index contributed by atoms with van der Waals surface area (Å²) in [5.74, 6) is -1.12. The van der Waals surface area contributed by atoms with Gasteiger partial charge in [-0.05, 0) is 40.9 Å². The van der Waals surface area contributed by atoms with Gasteiger partial charge >= 0.3 is 5.97 Å². The molecule has 0 saturated heterocycles. The van der Waals surface area contributed by atoms with Crippen molar-refractivity contribution >= 4 is 27.6 Å². The first kappa shape index (κ1) is 13.0. The summed E-state index contributed by atoms with van der Waals surface area (Å²) in [6, 6.07) is 1.27. The van der Waals surface area contributed by atoms with Crippen LogP contribution in [0.5, 0.6) is 0 Å². The van der Waals surface area contributed by atoms with Gasteiger partial charge in [0.1, 0.15) is 5.82 Å². The minimum Gasteiger partial charge on any atom is -0.462 e. The number of hydrogen-bond donors (Lipinski definition) is 1. The molecular weight excluding hydrogens is 277 g/mol. The molecule has 1 rings (SSSR count). The number of halogens is 2. The molecule has 5 heteroatoms. The molecule has 0 saturated carbocycles. The zero-order valence-electron chi connectivity index (χ0n) is 9.14. The molecule has 2 N–H and O–H groups in total. The van der Waals surface area contributed by atoms with Gasteiger partial charge in [0.05, 0.1) is 22.3 Å². The van der Waals surface area contributed by atoms with Crippen LogP contribution >= 0.6 is 15.9 Å². The van der Waals surface area contributed by atoms with E-state index in [0.29, 0.717) is 18.6 Å². The van der Waals surface area contributed by atoms with E-state index in [-0.39, 0.29) is 15.7 Å². The number of esters is 1. The largest absolute Gasteiger partial charge is 0.462 e. The molecule has 3 nitrogen and oxygen atoms in total. The average Bonchev–Trinajstić information content (AvgIpc) is 2.24. The summed E-state index contributed by atoms with van der Waals surface area (Å²) in [6.07, 6.45) is 0.706. The quantitative estimate of drug-likeness (QED) is 0.687. The second-order valence-electron chi connectivity index (χ2n) is 3.41. The van der Waals surface area contributed by atoms with E-state index in [1.165, 1.54) is 6.07 Å². The number of nitrogen functional groups attached to an aromatic ring is 1. The summed E-state index contributed by atoms with van der Waals surface area (Å²) in [7, 11) is 0. The van der Waals surface area contributed by atoms with Crippen molar-refractivity contribution in [2.24, 2.45) is 0 Å². The Morgan fingerprint density at radius 3 is 2.81 bits per heavy atom. The van der Waals surface area contributed by atoms with Gasteiger partial charge in [0, 0.05) is 0 Å². The number of nitrogens with two attached hydrogens (primary N) is 1. The summed E-state index contributed by atoms with van der Waals surface area (Å²) in [6.45, 7) is 3.81. The molecular formula is C11H13BrFNO2. The van der Waals surface area contributed by atoms with E-state index in [0.717, 1.165) is 0 Å². The lowest BCUT2D eigenvalue weighted by Gasteiger charge is -2.11. The fraction of sp³-hybridized carbons (Fsp3) is 0.364. The van der Waals surface area contributed by atoms with Crippen LogP contribution in [0.4, 0.5) is 10.1 Å². The molecule has 0 heterocycles. The van der Waals surface area contributed by atoms with Crippen LogP contribution in [0.15, 0.2) is 10.5 Å². The summed E-state index contributed by atoms with van der Waals surface area (Å²) >= 11 is 3.00. The number of aryl methyl sites for hydroxylation is 1. The molecule has 1 aromatic rings. The SMILES string of the molecule is CCCOC(=O)c1c(N)c(C)cc(F)c1Br. The van der Waals surface area contributed by atoms with Crippen molar-refractivity contribution in [1.29, 1.82) is 0 Å². The van der Waals surface area contributed by atoms with Crippen molar-refractivity contribution in [2.45, 2.75) is 20.3 Å². The molecule has 0 fully saturated rings. The summed E-state index contributed by atoms with van der Waals surface area (Å²) in [4.78, 5) is 11.7. The van der Waals surface area contributed by atoms with Gasteiger partial charge in [-0.15, -0.1) is 0 Å². The predicted octanol–water partition coefficient (Wildman–Crippen LogP) is 3.05. The number of hydrogen-bond acceptors (Lipinski definition) is 3. The van der Waals surface area contributed by atoms with E-state index in [1.807, 2.05) is 6.92 Å². The Morgan fingerprint density at radius 1 is 1.62 bits per heavy atom. The molecule has 0 aliphatic carbocycles. The van der Waals surface area contributed by atoms with Crippen molar-refractivity contribution in [2.75, 3.05) is 12.3 Å². The topological polar surface area (TPSA) is 52.3 Å². The average molecular weight is 290 g/mol. The highest BCUT2D eigenvalue weighted by Crippen LogP contribution is 2.29. The van der Waals surface area contributed by atoms with Crippen LogP contribution in [0.25, 0.3) is 0 Å². The lowest BCUT2D eigenvalue weighted by molar-refractivity contribution is 0.0504. The third kappa shape index (κ3) is 2.52. The van der Waals surface area contributed by atoms with Gasteiger partial charge in [-0.2, -0.15) is 0 Å². The molecule has 0 aliphatic rings. The van der Waals surface area contributed by atoms with E-state index in [1.54, 1.807) is 6.92 Å². The Morgan fingerprint density at radius 2 is 2.25 bits per heavy atom. The van der Waals surface area contributed by atoms with Crippen molar-refractivity contribution in [1.82, 2.24) is 0 Å². The number of carbonyl (C=O) groups is 1. The maximum atomic E-state index is 13.4. The Hall–Kier alpha value is -1.10. The van der Waals surface area contributed by atoms with Crippen LogP contribution in [-0.2, 0) is 4.74 Å². The van der Waals surface area contributed by atoms with Gasteiger partial charge < -0.3 is 10.5 Å². The second-order valence-corrected chi connectivity index (χ2v) is 4.21. The van der Waals surface area contributed by atoms with Crippen molar-refractivity contribution in [3.8, 4) is 0 Å². The minimum absolute atomic E-state index is 0.0525. The molecule has 1 aromatic carbocycles. The van der Waals surface area contributed by atoms with Crippen molar-refractivity contribution in [3.05, 3.63) is 27.5 Å². The number of carbonyl (C=O) groups excluding carboxylic acids is 1. The molecule has 0 radical (unpaired) electrons. The van der Waals surface area contributed by atoms with Gasteiger partial charge in [-0.25, -0.2) is 9.18 Å². The number of ether oxygens (including phenoxy) is 1. The number of benzene rings is 1. The normalized spacial score (nSPS) is 10.2. The van der Waals surface area contributed by atoms with Crippen molar-refractivity contribution in [3.63, 3.8) is 0 Å². The third-order valence-electron chi connectivity index (χ3n) is 2.11. The standard InChI is InChI=1S/C11H13BrFNO2/c1-3-4-16-11(15)8-9(12)7(13)5-6(2)10(8)14/h5H,3-4,14H2,1-2H3. The summed E-state index contributed by atoms with van der Waals surface area (Å²) in [5, 5.41) is 0. The molecule has 16 heavy (non-hydrogen) atoms. The fourth-order valence-corrected chi connectivity index (χ4v) is 1.72. The Balaban J connectivity index is 3.16. The number of anilines is 1. The Labute approximate surface area is 102 Å². The van der Waals surface area contributed by atoms with Crippen molar-refractivity contribution < 1.29 is 13.9 Å². The molecule has 0 bridgehead atoms. The van der Waals surface area contributed by atoms with Gasteiger partial charge in [0.25, 0.3) is 0 Å². The predicted molar refractivity (Wildman–Crippen MR) is 63.8 cm³/mol. The van der Waals surface area contributed by atoms with E-state index in [4.69, 9.17) is 10.5 Å². The maximum absolute atomic E-state index is 13.4. The highest BCUT2D eigenvalue weighted by atomic mass is 79.9. The fourth-order valence-electron chi connectivity index (χ4n) is 1.23. The van der Waals surface area contributed by atoms with Gasteiger partial charge in [0.2, 0.25) is 0 Å². The van der Waals surface area contributed by atoms with E-state index in [2.05, 4.69) is 15.9 Å². The van der Waals surface area contributed by atoms with Crippen LogP contribution in [0.2, 0.25) is 0 Å². The highest BCUT2D eigenvalue weighted by Gasteiger charge is 2.20.